The van der Waals surface area contributed by atoms with Crippen LogP contribution in [0.2, 0.25) is 0 Å². The molecule has 0 saturated carbocycles. The zero-order valence-electron chi connectivity index (χ0n) is 16.7. The lowest BCUT2D eigenvalue weighted by atomic mass is 10.1. The number of fused-ring (bicyclic) bond motifs is 2. The Hall–Kier alpha value is -3.13. The first-order valence-electron chi connectivity index (χ1n) is 10.1. The number of anilines is 3. The van der Waals surface area contributed by atoms with Gasteiger partial charge in [-0.1, -0.05) is 6.07 Å². The Morgan fingerprint density at radius 2 is 2.14 bits per heavy atom. The van der Waals surface area contributed by atoms with Crippen LogP contribution in [0.4, 0.5) is 22.0 Å². The van der Waals surface area contributed by atoms with Gasteiger partial charge in [-0.3, -0.25) is 4.90 Å². The molecular formula is C21H25N7O. The zero-order chi connectivity index (χ0) is 20.0. The van der Waals surface area contributed by atoms with Gasteiger partial charge in [0.25, 0.3) is 0 Å². The molecule has 1 fully saturated rings. The fourth-order valence-electron chi connectivity index (χ4n) is 4.36. The van der Waals surface area contributed by atoms with E-state index in [0.717, 1.165) is 48.5 Å². The van der Waals surface area contributed by atoms with Crippen LogP contribution >= 0.6 is 0 Å². The van der Waals surface area contributed by atoms with Gasteiger partial charge >= 0.3 is 6.03 Å². The molecule has 2 aliphatic heterocycles. The van der Waals surface area contributed by atoms with E-state index in [1.165, 1.54) is 5.69 Å². The minimum Gasteiger partial charge on any atom is -0.368 e. The molecule has 0 unspecified atom stereocenters. The second kappa shape index (κ2) is 7.04. The highest BCUT2D eigenvalue weighted by atomic mass is 16.2. The van der Waals surface area contributed by atoms with Crippen molar-refractivity contribution in [3.05, 3.63) is 42.4 Å². The molecule has 4 heterocycles. The van der Waals surface area contributed by atoms with Gasteiger partial charge in [-0.25, -0.2) is 14.8 Å². The quantitative estimate of drug-likeness (QED) is 0.701. The number of carbonyl (C=O) groups excluding carboxylic acids is 1. The number of piperazine rings is 1. The van der Waals surface area contributed by atoms with Crippen LogP contribution in [0.3, 0.4) is 0 Å². The van der Waals surface area contributed by atoms with Crippen molar-refractivity contribution in [3.63, 3.8) is 0 Å². The third kappa shape index (κ3) is 3.09. The van der Waals surface area contributed by atoms with Crippen molar-refractivity contribution in [2.24, 2.45) is 7.05 Å². The number of nitrogens with zero attached hydrogens (tertiary/aromatic N) is 5. The van der Waals surface area contributed by atoms with Gasteiger partial charge in [-0.15, -0.1) is 0 Å². The summed E-state index contributed by atoms with van der Waals surface area (Å²) in [5.74, 6) is 0.763. The van der Waals surface area contributed by atoms with Crippen LogP contribution in [0.1, 0.15) is 12.5 Å². The summed E-state index contributed by atoms with van der Waals surface area (Å²) in [4.78, 5) is 26.2. The molecule has 3 aromatic rings. The number of amides is 2. The molecule has 0 aliphatic carbocycles. The average molecular weight is 391 g/mol. The molecule has 5 rings (SSSR count). The average Bonchev–Trinajstić information content (AvgIpc) is 3.32. The molecule has 150 valence electrons. The molecule has 1 saturated heterocycles. The van der Waals surface area contributed by atoms with Crippen LogP contribution in [-0.2, 0) is 13.5 Å². The molecule has 29 heavy (non-hydrogen) atoms. The van der Waals surface area contributed by atoms with Gasteiger partial charge in [0.1, 0.15) is 11.3 Å². The summed E-state index contributed by atoms with van der Waals surface area (Å²) in [6.45, 7) is 5.73. The molecule has 2 N–H and O–H groups in total. The lowest BCUT2D eigenvalue weighted by Crippen LogP contribution is -2.49. The second-order valence-electron chi connectivity index (χ2n) is 7.79. The van der Waals surface area contributed by atoms with Crippen molar-refractivity contribution >= 4 is 34.3 Å². The van der Waals surface area contributed by atoms with Crippen molar-refractivity contribution in [1.29, 1.82) is 0 Å². The summed E-state index contributed by atoms with van der Waals surface area (Å²) < 4.78 is 1.94. The van der Waals surface area contributed by atoms with Crippen molar-refractivity contribution in [2.75, 3.05) is 41.3 Å². The summed E-state index contributed by atoms with van der Waals surface area (Å²) in [5, 5.41) is 6.52. The molecule has 0 bridgehead atoms. The van der Waals surface area contributed by atoms with Gasteiger partial charge in [-0.2, -0.15) is 0 Å². The summed E-state index contributed by atoms with van der Waals surface area (Å²) in [7, 11) is 1.94. The predicted octanol–water partition coefficient (Wildman–Crippen LogP) is 2.36. The molecular weight excluding hydrogens is 366 g/mol. The molecule has 1 aromatic carbocycles. The van der Waals surface area contributed by atoms with E-state index in [2.05, 4.69) is 38.5 Å². The SMILES string of the molecule is C[C@H]1CN(c2ccnc3c2CCN3C(=O)Nc2cccc3c2ncn3C)CCN1. The highest BCUT2D eigenvalue weighted by Gasteiger charge is 2.30. The minimum atomic E-state index is -0.166. The van der Waals surface area contributed by atoms with E-state index in [1.54, 1.807) is 11.2 Å². The Kier molecular flexibility index (Phi) is 4.35. The van der Waals surface area contributed by atoms with Crippen LogP contribution < -0.4 is 20.4 Å². The first kappa shape index (κ1) is 17.9. The number of carbonyl (C=O) groups is 1. The lowest BCUT2D eigenvalue weighted by Gasteiger charge is -2.34. The van der Waals surface area contributed by atoms with Crippen LogP contribution in [0, 0.1) is 0 Å². The van der Waals surface area contributed by atoms with Gasteiger partial charge < -0.3 is 20.1 Å². The van der Waals surface area contributed by atoms with E-state index >= 15 is 0 Å². The largest absolute Gasteiger partial charge is 0.368 e. The van der Waals surface area contributed by atoms with E-state index < -0.39 is 0 Å². The van der Waals surface area contributed by atoms with E-state index in [-0.39, 0.29) is 6.03 Å². The third-order valence-corrected chi connectivity index (χ3v) is 5.80. The van der Waals surface area contributed by atoms with Crippen molar-refractivity contribution in [3.8, 4) is 0 Å². The molecule has 1 atom stereocenters. The number of rotatable bonds is 2. The van der Waals surface area contributed by atoms with E-state index in [1.807, 2.05) is 36.0 Å². The zero-order valence-corrected chi connectivity index (χ0v) is 16.7. The first-order chi connectivity index (χ1) is 14.1. The molecule has 2 aliphatic rings. The van der Waals surface area contributed by atoms with Crippen LogP contribution in [-0.4, -0.2) is 52.8 Å². The van der Waals surface area contributed by atoms with Gasteiger partial charge in [0, 0.05) is 56.7 Å². The molecule has 2 amide bonds. The van der Waals surface area contributed by atoms with Crippen LogP contribution in [0.15, 0.2) is 36.8 Å². The van der Waals surface area contributed by atoms with Gasteiger partial charge in [-0.05, 0) is 31.5 Å². The van der Waals surface area contributed by atoms with Crippen LogP contribution in [0.25, 0.3) is 11.0 Å². The Balaban J connectivity index is 1.41. The maximum Gasteiger partial charge on any atom is 0.327 e. The minimum absolute atomic E-state index is 0.166. The highest BCUT2D eigenvalue weighted by molar-refractivity contribution is 6.06. The second-order valence-corrected chi connectivity index (χ2v) is 7.79. The number of hydrogen-bond acceptors (Lipinski definition) is 5. The summed E-state index contributed by atoms with van der Waals surface area (Å²) in [6, 6.07) is 8.17. The highest BCUT2D eigenvalue weighted by Crippen LogP contribution is 2.34. The standard InChI is InChI=1S/C21H25N7O/c1-14-12-27(11-9-22-14)17-6-8-23-20-15(17)7-10-28(20)21(29)25-16-4-3-5-18-19(16)24-13-26(18)2/h3-6,8,13-14,22H,7,9-12H2,1-2H3,(H,25,29)/t14-/m0/s1. The fourth-order valence-corrected chi connectivity index (χ4v) is 4.36. The summed E-state index contributed by atoms with van der Waals surface area (Å²) in [6.07, 6.45) is 4.39. The van der Waals surface area contributed by atoms with E-state index in [9.17, 15) is 4.79 Å². The van der Waals surface area contributed by atoms with Gasteiger partial charge in [0.15, 0.2) is 0 Å². The van der Waals surface area contributed by atoms with Crippen molar-refractivity contribution < 1.29 is 4.79 Å². The fraction of sp³-hybridized carbons (Fsp3) is 0.381. The van der Waals surface area contributed by atoms with Crippen LogP contribution in [0.5, 0.6) is 0 Å². The Bertz CT molecular complexity index is 1080. The Morgan fingerprint density at radius 3 is 3.00 bits per heavy atom. The maximum atomic E-state index is 13.1. The molecule has 8 nitrogen and oxygen atoms in total. The number of imidazole rings is 1. The van der Waals surface area contributed by atoms with Gasteiger partial charge in [0.05, 0.1) is 17.5 Å². The maximum absolute atomic E-state index is 13.1. The predicted molar refractivity (Wildman–Crippen MR) is 115 cm³/mol. The van der Waals surface area contributed by atoms with Crippen molar-refractivity contribution in [2.45, 2.75) is 19.4 Å². The number of aromatic nitrogens is 3. The smallest absolute Gasteiger partial charge is 0.327 e. The Labute approximate surface area is 169 Å². The summed E-state index contributed by atoms with van der Waals surface area (Å²) >= 11 is 0. The topological polar surface area (TPSA) is 78.3 Å². The summed E-state index contributed by atoms with van der Waals surface area (Å²) in [5.41, 5.74) is 4.85. The number of para-hydroxylation sites is 1. The number of nitrogens with one attached hydrogen (secondary N) is 2. The molecule has 8 heteroatoms. The number of benzene rings is 1. The third-order valence-electron chi connectivity index (χ3n) is 5.80. The number of urea groups is 1. The van der Waals surface area contributed by atoms with E-state index in [4.69, 9.17) is 0 Å². The molecule has 0 radical (unpaired) electrons. The Morgan fingerprint density at radius 1 is 1.24 bits per heavy atom. The monoisotopic (exact) mass is 391 g/mol. The normalized spacial score (nSPS) is 18.9. The first-order valence-corrected chi connectivity index (χ1v) is 10.1. The van der Waals surface area contributed by atoms with Gasteiger partial charge in [0.2, 0.25) is 0 Å². The number of pyridine rings is 1. The lowest BCUT2D eigenvalue weighted by molar-refractivity contribution is 0.257. The molecule has 2 aromatic heterocycles. The van der Waals surface area contributed by atoms with E-state index in [0.29, 0.717) is 18.3 Å². The number of hydrogen-bond donors (Lipinski definition) is 2. The molecule has 0 spiro atoms. The number of aryl methyl sites for hydroxylation is 1. The van der Waals surface area contributed by atoms with Crippen molar-refractivity contribution in [1.82, 2.24) is 19.9 Å².